The van der Waals surface area contributed by atoms with Crippen molar-refractivity contribution in [3.63, 3.8) is 0 Å². The number of carbonyl (C=O) groups is 3. The summed E-state index contributed by atoms with van der Waals surface area (Å²) >= 11 is 15.6. The van der Waals surface area contributed by atoms with Crippen molar-refractivity contribution in [2.45, 2.75) is 13.8 Å². The highest BCUT2D eigenvalue weighted by Crippen LogP contribution is 2.28. The van der Waals surface area contributed by atoms with Crippen LogP contribution in [-0.4, -0.2) is 44.5 Å². The molecular weight excluding hydrogens is 523 g/mol. The maximum absolute atomic E-state index is 13.2. The maximum Gasteiger partial charge on any atom is 0.274 e. The van der Waals surface area contributed by atoms with Gasteiger partial charge in [-0.3, -0.25) is 24.8 Å². The van der Waals surface area contributed by atoms with Crippen LogP contribution in [0.3, 0.4) is 0 Å². The van der Waals surface area contributed by atoms with Crippen LogP contribution < -0.4 is 10.7 Å². The number of halogens is 3. The summed E-state index contributed by atoms with van der Waals surface area (Å²) in [6, 6.07) is 7.79. The summed E-state index contributed by atoms with van der Waals surface area (Å²) in [4.78, 5) is 41.6. The minimum absolute atomic E-state index is 0.0978. The van der Waals surface area contributed by atoms with Crippen LogP contribution >= 0.6 is 39.1 Å². The van der Waals surface area contributed by atoms with Gasteiger partial charge in [-0.1, -0.05) is 23.2 Å². The number of nitrogens with zero attached hydrogens (tertiary/aromatic N) is 4. The van der Waals surface area contributed by atoms with E-state index < -0.39 is 17.7 Å². The first-order valence-electron chi connectivity index (χ1n) is 9.11. The summed E-state index contributed by atoms with van der Waals surface area (Å²) in [5, 5.41) is 8.59. The summed E-state index contributed by atoms with van der Waals surface area (Å²) in [6.45, 7) is 2.97. The van der Waals surface area contributed by atoms with Crippen molar-refractivity contribution in [1.82, 2.24) is 25.2 Å². The molecule has 2 N–H and O–H groups in total. The van der Waals surface area contributed by atoms with Crippen molar-refractivity contribution in [1.29, 1.82) is 0 Å². The van der Waals surface area contributed by atoms with Gasteiger partial charge in [0.1, 0.15) is 10.3 Å². The molecule has 0 unspecified atom stereocenters. The third-order valence-electron chi connectivity index (χ3n) is 4.25. The number of carbonyl (C=O) groups excluding carboxylic acids is 3. The molecule has 12 heteroatoms. The minimum atomic E-state index is -0.566. The summed E-state index contributed by atoms with van der Waals surface area (Å²) in [5.74, 6) is -1.29. The topological polar surface area (TPSA) is 109 Å². The Morgan fingerprint density at radius 1 is 1.19 bits per heavy atom. The first-order chi connectivity index (χ1) is 15.1. The lowest BCUT2D eigenvalue weighted by Crippen LogP contribution is -2.42. The number of aromatic nitrogens is 3. The number of aryl methyl sites for hydroxylation is 1. The van der Waals surface area contributed by atoms with Gasteiger partial charge in [0.2, 0.25) is 5.91 Å². The Labute approximate surface area is 201 Å². The highest BCUT2D eigenvalue weighted by atomic mass is 79.9. The predicted molar refractivity (Wildman–Crippen MR) is 124 cm³/mol. The molecule has 0 spiro atoms. The van der Waals surface area contributed by atoms with Gasteiger partial charge in [-0.15, -0.1) is 0 Å². The largest absolute Gasteiger partial charge is 0.320 e. The molecule has 1 aromatic carbocycles. The number of hydrazine groups is 1. The van der Waals surface area contributed by atoms with Crippen molar-refractivity contribution in [2.24, 2.45) is 0 Å². The quantitative estimate of drug-likeness (QED) is 0.487. The van der Waals surface area contributed by atoms with E-state index in [1.165, 1.54) is 37.0 Å². The van der Waals surface area contributed by atoms with Crippen LogP contribution in [0.15, 0.2) is 41.1 Å². The Hall–Kier alpha value is -2.95. The molecule has 2 heterocycles. The van der Waals surface area contributed by atoms with Gasteiger partial charge in [-0.05, 0) is 52.7 Å². The fraction of sp³-hybridized carbons (Fsp3) is 0.150. The molecule has 0 aliphatic heterocycles. The van der Waals surface area contributed by atoms with Gasteiger partial charge < -0.3 is 5.32 Å². The zero-order chi connectivity index (χ0) is 23.6. The fourth-order valence-electron chi connectivity index (χ4n) is 2.93. The van der Waals surface area contributed by atoms with Crippen molar-refractivity contribution in [2.75, 3.05) is 12.4 Å². The second-order valence-electron chi connectivity index (χ2n) is 6.70. The van der Waals surface area contributed by atoms with Gasteiger partial charge in [0.05, 0.1) is 16.3 Å². The monoisotopic (exact) mass is 538 g/mol. The van der Waals surface area contributed by atoms with Gasteiger partial charge in [-0.2, -0.15) is 5.10 Å². The molecule has 0 fully saturated rings. The van der Waals surface area contributed by atoms with Crippen LogP contribution in [-0.2, 0) is 4.79 Å². The number of pyridine rings is 1. The minimum Gasteiger partial charge on any atom is -0.320 e. The van der Waals surface area contributed by atoms with Crippen LogP contribution in [0.1, 0.15) is 33.3 Å². The van der Waals surface area contributed by atoms with Crippen molar-refractivity contribution in [3.05, 3.63) is 68.0 Å². The van der Waals surface area contributed by atoms with Crippen LogP contribution in [0.2, 0.25) is 10.0 Å². The van der Waals surface area contributed by atoms with Gasteiger partial charge in [-0.25, -0.2) is 9.67 Å². The smallest absolute Gasteiger partial charge is 0.274 e. The zero-order valence-corrected chi connectivity index (χ0v) is 20.2. The predicted octanol–water partition coefficient (Wildman–Crippen LogP) is 4.02. The summed E-state index contributed by atoms with van der Waals surface area (Å²) in [6.07, 6.45) is 1.52. The molecule has 166 valence electrons. The number of hydrogen-bond acceptors (Lipinski definition) is 5. The van der Waals surface area contributed by atoms with E-state index in [1.54, 1.807) is 25.1 Å². The molecule has 9 nitrogen and oxygen atoms in total. The molecule has 3 aromatic rings. The standard InChI is InChI=1S/C20H17BrCl2N6O3/c1-10-7-12(22)8-13(20(32)28(3)26-11(2)30)17(10)25-19(31)15-9-16(21)27-29(15)18-14(23)5-4-6-24-18/h4-9H,1-3H3,(H,25,31)(H,26,30). The molecule has 0 aliphatic carbocycles. The molecular formula is C20H17BrCl2N6O3. The molecule has 0 radical (unpaired) electrons. The Morgan fingerprint density at radius 2 is 1.91 bits per heavy atom. The Kier molecular flexibility index (Phi) is 7.17. The van der Waals surface area contributed by atoms with Crippen molar-refractivity contribution >= 4 is 62.5 Å². The van der Waals surface area contributed by atoms with Crippen LogP contribution in [0, 0.1) is 6.92 Å². The molecule has 3 amide bonds. The Bertz CT molecular complexity index is 1230. The van der Waals surface area contributed by atoms with Gasteiger partial charge in [0.15, 0.2) is 5.82 Å². The second kappa shape index (κ2) is 9.68. The summed E-state index contributed by atoms with van der Waals surface area (Å²) < 4.78 is 1.68. The third-order valence-corrected chi connectivity index (χ3v) is 5.15. The van der Waals surface area contributed by atoms with Crippen LogP contribution in [0.25, 0.3) is 5.82 Å². The highest BCUT2D eigenvalue weighted by molar-refractivity contribution is 9.10. The van der Waals surface area contributed by atoms with Gasteiger partial charge >= 0.3 is 0 Å². The first-order valence-corrected chi connectivity index (χ1v) is 10.7. The number of benzene rings is 1. The van der Waals surface area contributed by atoms with E-state index in [4.69, 9.17) is 23.2 Å². The normalized spacial score (nSPS) is 10.6. The van der Waals surface area contributed by atoms with Gasteiger partial charge in [0.25, 0.3) is 11.8 Å². The van der Waals surface area contributed by atoms with E-state index >= 15 is 0 Å². The highest BCUT2D eigenvalue weighted by Gasteiger charge is 2.24. The molecule has 3 rings (SSSR count). The fourth-order valence-corrected chi connectivity index (χ4v) is 3.78. The molecule has 0 saturated heterocycles. The van der Waals surface area contributed by atoms with E-state index in [2.05, 4.69) is 36.8 Å². The van der Waals surface area contributed by atoms with Crippen LogP contribution in [0.5, 0.6) is 0 Å². The van der Waals surface area contributed by atoms with E-state index in [-0.39, 0.29) is 22.8 Å². The van der Waals surface area contributed by atoms with E-state index in [0.717, 1.165) is 5.01 Å². The van der Waals surface area contributed by atoms with E-state index in [9.17, 15) is 14.4 Å². The van der Waals surface area contributed by atoms with Gasteiger partial charge in [0, 0.05) is 31.3 Å². The number of nitrogens with one attached hydrogen (secondary N) is 2. The van der Waals surface area contributed by atoms with E-state index in [1.807, 2.05) is 0 Å². The van der Waals surface area contributed by atoms with Crippen LogP contribution in [0.4, 0.5) is 5.69 Å². The SMILES string of the molecule is CC(=O)NN(C)C(=O)c1cc(Cl)cc(C)c1NC(=O)c1cc(Br)nn1-c1ncccc1Cl. The summed E-state index contributed by atoms with van der Waals surface area (Å²) in [5.41, 5.74) is 3.38. The van der Waals surface area contributed by atoms with Crippen molar-refractivity contribution in [3.8, 4) is 5.82 Å². The number of amides is 3. The molecule has 0 aliphatic rings. The third kappa shape index (κ3) is 5.09. The Balaban J connectivity index is 2.02. The zero-order valence-electron chi connectivity index (χ0n) is 17.1. The second-order valence-corrected chi connectivity index (χ2v) is 8.36. The lowest BCUT2D eigenvalue weighted by molar-refractivity contribution is -0.122. The molecule has 0 saturated carbocycles. The number of rotatable bonds is 4. The average Bonchev–Trinajstić information content (AvgIpc) is 3.10. The molecule has 0 bridgehead atoms. The molecule has 2 aromatic heterocycles. The first kappa shape index (κ1) is 23.7. The molecule has 0 atom stereocenters. The number of anilines is 1. The Morgan fingerprint density at radius 3 is 2.56 bits per heavy atom. The maximum atomic E-state index is 13.2. The average molecular weight is 540 g/mol. The molecule has 32 heavy (non-hydrogen) atoms. The summed E-state index contributed by atoms with van der Waals surface area (Å²) in [7, 11) is 1.39. The number of hydrogen-bond donors (Lipinski definition) is 2. The van der Waals surface area contributed by atoms with Crippen molar-refractivity contribution < 1.29 is 14.4 Å². The van der Waals surface area contributed by atoms with E-state index in [0.29, 0.717) is 20.2 Å². The lowest BCUT2D eigenvalue weighted by Gasteiger charge is -2.20. The lowest BCUT2D eigenvalue weighted by atomic mass is 10.1.